The van der Waals surface area contributed by atoms with Crippen LogP contribution in [-0.4, -0.2) is 23.3 Å². The number of amides is 2. The van der Waals surface area contributed by atoms with Crippen molar-refractivity contribution in [1.29, 1.82) is 0 Å². The molecule has 2 aromatic carbocycles. The molecule has 0 fully saturated rings. The van der Waals surface area contributed by atoms with Gasteiger partial charge in [-0.3, -0.25) is 9.59 Å². The zero-order valence-corrected chi connectivity index (χ0v) is 18.0. The maximum absolute atomic E-state index is 12.0. The number of benzene rings is 2. The van der Waals surface area contributed by atoms with Crippen LogP contribution < -0.4 is 10.6 Å². The van der Waals surface area contributed by atoms with Crippen LogP contribution in [0, 0.1) is 6.92 Å². The van der Waals surface area contributed by atoms with Gasteiger partial charge in [-0.05, 0) is 55.0 Å². The monoisotopic (exact) mass is 475 g/mol. The van der Waals surface area contributed by atoms with Gasteiger partial charge in [0.2, 0.25) is 11.8 Å². The molecule has 3 rings (SSSR count). The number of carbonyl (C=O) groups is 2. The van der Waals surface area contributed by atoms with Crippen LogP contribution in [0.3, 0.4) is 0 Å². The average Bonchev–Trinajstić information content (AvgIpc) is 3.16. The molecule has 0 unspecified atom stereocenters. The standard InChI is InChI=1S/C21H19BrClN3O3/c1-13-10-15(22)4-7-17(13)26-20(28)12-24-19(27)8-9-21-25-11-18(29-21)14-2-5-16(23)6-3-14/h2-7,10-11H,8-9,12H2,1H3,(H,24,27)(H,26,28). The van der Waals surface area contributed by atoms with E-state index in [0.29, 0.717) is 28.8 Å². The molecule has 1 heterocycles. The first-order valence-electron chi connectivity index (χ1n) is 8.94. The van der Waals surface area contributed by atoms with Gasteiger partial charge in [-0.2, -0.15) is 0 Å². The predicted molar refractivity (Wildman–Crippen MR) is 116 cm³/mol. The van der Waals surface area contributed by atoms with Crippen molar-refractivity contribution in [3.05, 3.63) is 69.6 Å². The largest absolute Gasteiger partial charge is 0.441 e. The summed E-state index contributed by atoms with van der Waals surface area (Å²) >= 11 is 9.26. The van der Waals surface area contributed by atoms with Gasteiger partial charge in [0.15, 0.2) is 11.7 Å². The Morgan fingerprint density at radius 1 is 1.14 bits per heavy atom. The summed E-state index contributed by atoms with van der Waals surface area (Å²) in [6.07, 6.45) is 2.13. The molecule has 8 heteroatoms. The lowest BCUT2D eigenvalue weighted by Gasteiger charge is -2.09. The quantitative estimate of drug-likeness (QED) is 0.515. The SMILES string of the molecule is Cc1cc(Br)ccc1NC(=O)CNC(=O)CCc1ncc(-c2ccc(Cl)cc2)o1. The number of nitrogens with one attached hydrogen (secondary N) is 2. The summed E-state index contributed by atoms with van der Waals surface area (Å²) in [5.74, 6) is 0.533. The van der Waals surface area contributed by atoms with Gasteiger partial charge in [0, 0.05) is 33.6 Å². The van der Waals surface area contributed by atoms with Crippen molar-refractivity contribution in [2.24, 2.45) is 0 Å². The molecule has 29 heavy (non-hydrogen) atoms. The highest BCUT2D eigenvalue weighted by Crippen LogP contribution is 2.23. The second-order valence-corrected chi connectivity index (χ2v) is 7.76. The van der Waals surface area contributed by atoms with E-state index in [-0.39, 0.29) is 24.8 Å². The molecule has 0 saturated carbocycles. The summed E-state index contributed by atoms with van der Waals surface area (Å²) in [6, 6.07) is 12.8. The average molecular weight is 477 g/mol. The van der Waals surface area contributed by atoms with Crippen molar-refractivity contribution < 1.29 is 14.0 Å². The first kappa shape index (κ1) is 21.1. The van der Waals surface area contributed by atoms with E-state index in [1.165, 1.54) is 0 Å². The molecule has 0 bridgehead atoms. The molecule has 2 amide bonds. The molecule has 150 valence electrons. The van der Waals surface area contributed by atoms with Crippen molar-refractivity contribution in [3.8, 4) is 11.3 Å². The highest BCUT2D eigenvalue weighted by molar-refractivity contribution is 9.10. The van der Waals surface area contributed by atoms with Crippen molar-refractivity contribution >= 4 is 45.0 Å². The van der Waals surface area contributed by atoms with E-state index in [9.17, 15) is 9.59 Å². The lowest BCUT2D eigenvalue weighted by molar-refractivity contribution is -0.124. The summed E-state index contributed by atoms with van der Waals surface area (Å²) in [6.45, 7) is 1.80. The Morgan fingerprint density at radius 2 is 1.90 bits per heavy atom. The van der Waals surface area contributed by atoms with Crippen LogP contribution in [-0.2, 0) is 16.0 Å². The molecule has 2 N–H and O–H groups in total. The van der Waals surface area contributed by atoms with Crippen molar-refractivity contribution in [1.82, 2.24) is 10.3 Å². The van der Waals surface area contributed by atoms with Crippen LogP contribution in [0.2, 0.25) is 5.02 Å². The van der Waals surface area contributed by atoms with Gasteiger partial charge < -0.3 is 15.1 Å². The van der Waals surface area contributed by atoms with Gasteiger partial charge in [0.25, 0.3) is 0 Å². The van der Waals surface area contributed by atoms with Gasteiger partial charge in [-0.1, -0.05) is 27.5 Å². The summed E-state index contributed by atoms with van der Waals surface area (Å²) in [5.41, 5.74) is 2.50. The number of rotatable bonds is 7. The van der Waals surface area contributed by atoms with E-state index >= 15 is 0 Å². The number of hydrogen-bond acceptors (Lipinski definition) is 4. The number of anilines is 1. The maximum Gasteiger partial charge on any atom is 0.243 e. The van der Waals surface area contributed by atoms with E-state index in [4.69, 9.17) is 16.0 Å². The molecule has 0 spiro atoms. The second kappa shape index (κ2) is 9.71. The zero-order valence-electron chi connectivity index (χ0n) is 15.7. The van der Waals surface area contributed by atoms with E-state index in [1.54, 1.807) is 24.4 Å². The highest BCUT2D eigenvalue weighted by Gasteiger charge is 2.11. The van der Waals surface area contributed by atoms with E-state index < -0.39 is 0 Å². The minimum atomic E-state index is -0.287. The minimum absolute atomic E-state index is 0.101. The lowest BCUT2D eigenvalue weighted by atomic mass is 10.2. The number of halogens is 2. The van der Waals surface area contributed by atoms with Gasteiger partial charge >= 0.3 is 0 Å². The van der Waals surface area contributed by atoms with E-state index in [0.717, 1.165) is 15.6 Å². The van der Waals surface area contributed by atoms with Crippen LogP contribution in [0.4, 0.5) is 5.69 Å². The molecule has 0 aliphatic rings. The third-order valence-corrected chi connectivity index (χ3v) is 4.90. The molecule has 6 nitrogen and oxygen atoms in total. The summed E-state index contributed by atoms with van der Waals surface area (Å²) in [5, 5.41) is 6.02. The molecule has 0 aliphatic carbocycles. The number of hydrogen-bond donors (Lipinski definition) is 2. The third kappa shape index (κ3) is 6.17. The second-order valence-electron chi connectivity index (χ2n) is 6.41. The van der Waals surface area contributed by atoms with Crippen molar-refractivity contribution in [2.45, 2.75) is 19.8 Å². The molecular weight excluding hydrogens is 458 g/mol. The third-order valence-electron chi connectivity index (χ3n) is 4.16. The van der Waals surface area contributed by atoms with Gasteiger partial charge in [-0.25, -0.2) is 4.98 Å². The topological polar surface area (TPSA) is 84.2 Å². The first-order valence-corrected chi connectivity index (χ1v) is 10.1. The van der Waals surface area contributed by atoms with Gasteiger partial charge in [0.05, 0.1) is 12.7 Å². The highest BCUT2D eigenvalue weighted by atomic mass is 79.9. The number of aromatic nitrogens is 1. The predicted octanol–water partition coefficient (Wildman–Crippen LogP) is 4.75. The van der Waals surface area contributed by atoms with Gasteiger partial charge in [-0.15, -0.1) is 0 Å². The zero-order chi connectivity index (χ0) is 20.8. The summed E-state index contributed by atoms with van der Waals surface area (Å²) in [4.78, 5) is 28.2. The number of nitrogens with zero attached hydrogens (tertiary/aromatic N) is 1. The van der Waals surface area contributed by atoms with Crippen LogP contribution >= 0.6 is 27.5 Å². The van der Waals surface area contributed by atoms with Crippen LogP contribution in [0.1, 0.15) is 17.9 Å². The Balaban J connectivity index is 1.44. The fraction of sp³-hybridized carbons (Fsp3) is 0.190. The molecule has 0 atom stereocenters. The normalized spacial score (nSPS) is 10.6. The smallest absolute Gasteiger partial charge is 0.243 e. The number of carbonyl (C=O) groups excluding carboxylic acids is 2. The van der Waals surface area contributed by atoms with Crippen LogP contribution in [0.25, 0.3) is 11.3 Å². The molecule has 3 aromatic rings. The molecular formula is C21H19BrClN3O3. The summed E-state index contributed by atoms with van der Waals surface area (Å²) in [7, 11) is 0. The van der Waals surface area contributed by atoms with Crippen molar-refractivity contribution in [3.63, 3.8) is 0 Å². The van der Waals surface area contributed by atoms with Crippen LogP contribution in [0.15, 0.2) is 57.6 Å². The number of oxazole rings is 1. The first-order chi connectivity index (χ1) is 13.9. The Kier molecular flexibility index (Phi) is 7.06. The molecule has 0 aliphatic heterocycles. The van der Waals surface area contributed by atoms with E-state index in [1.807, 2.05) is 31.2 Å². The lowest BCUT2D eigenvalue weighted by Crippen LogP contribution is -2.33. The van der Waals surface area contributed by atoms with Crippen molar-refractivity contribution in [2.75, 3.05) is 11.9 Å². The van der Waals surface area contributed by atoms with Gasteiger partial charge in [0.1, 0.15) is 0 Å². The van der Waals surface area contributed by atoms with Crippen LogP contribution in [0.5, 0.6) is 0 Å². The fourth-order valence-corrected chi connectivity index (χ4v) is 3.22. The molecule has 1 aromatic heterocycles. The van der Waals surface area contributed by atoms with E-state index in [2.05, 4.69) is 31.5 Å². The Hall–Kier alpha value is -2.64. The maximum atomic E-state index is 12.0. The Labute approximate surface area is 181 Å². The summed E-state index contributed by atoms with van der Waals surface area (Å²) < 4.78 is 6.61. The molecule has 0 saturated heterocycles. The Morgan fingerprint density at radius 3 is 2.62 bits per heavy atom. The Bertz CT molecular complexity index is 1020. The number of aryl methyl sites for hydroxylation is 2. The fourth-order valence-electron chi connectivity index (χ4n) is 2.62. The molecule has 0 radical (unpaired) electrons. The minimum Gasteiger partial charge on any atom is -0.441 e.